The highest BCUT2D eigenvalue weighted by Crippen LogP contribution is 2.41. The van der Waals surface area contributed by atoms with E-state index in [1.807, 2.05) is 11.4 Å². The molecule has 6 nitrogen and oxygen atoms in total. The van der Waals surface area contributed by atoms with E-state index >= 15 is 0 Å². The number of imide groups is 1. The van der Waals surface area contributed by atoms with Crippen molar-refractivity contribution in [3.63, 3.8) is 0 Å². The molecule has 1 atom stereocenters. The predicted molar refractivity (Wildman–Crippen MR) is 103 cm³/mol. The number of hydrogen-bond donors (Lipinski definition) is 2. The number of urea groups is 1. The van der Waals surface area contributed by atoms with Crippen molar-refractivity contribution < 1.29 is 14.4 Å². The van der Waals surface area contributed by atoms with Gasteiger partial charge in [-0.05, 0) is 62.8 Å². The van der Waals surface area contributed by atoms with Crippen LogP contribution in [-0.2, 0) is 21.5 Å². The maximum atomic E-state index is 13.1. The topological polar surface area (TPSA) is 78.5 Å². The van der Waals surface area contributed by atoms with Gasteiger partial charge in [-0.2, -0.15) is 0 Å². The van der Waals surface area contributed by atoms with Gasteiger partial charge >= 0.3 is 6.03 Å². The van der Waals surface area contributed by atoms with Gasteiger partial charge in [0.1, 0.15) is 12.1 Å². The summed E-state index contributed by atoms with van der Waals surface area (Å²) >= 11 is 1.62. The Hall–Kier alpha value is -2.15. The molecular weight excluding hydrogens is 362 g/mol. The van der Waals surface area contributed by atoms with Gasteiger partial charge in [-0.3, -0.25) is 14.5 Å². The summed E-state index contributed by atoms with van der Waals surface area (Å²) < 4.78 is 0. The molecule has 7 heteroatoms. The monoisotopic (exact) mass is 387 g/mol. The molecule has 1 aromatic heterocycles. The molecule has 1 spiro atoms. The van der Waals surface area contributed by atoms with Gasteiger partial charge in [-0.15, -0.1) is 11.3 Å². The Balaban J connectivity index is 1.37. The number of thiophene rings is 1. The summed E-state index contributed by atoms with van der Waals surface area (Å²) in [4.78, 5) is 40.0. The minimum absolute atomic E-state index is 0.217. The molecule has 0 bridgehead atoms. The van der Waals surface area contributed by atoms with Crippen LogP contribution in [0, 0.1) is 0 Å². The number of hydrogen-bond acceptors (Lipinski definition) is 4. The van der Waals surface area contributed by atoms with E-state index in [-0.39, 0.29) is 18.4 Å². The largest absolute Gasteiger partial charge is 0.354 e. The number of carbonyl (C=O) groups excluding carboxylic acids is 3. The van der Waals surface area contributed by atoms with Crippen LogP contribution in [0.15, 0.2) is 23.1 Å². The zero-order valence-electron chi connectivity index (χ0n) is 15.4. The Bertz CT molecular complexity index is 800. The summed E-state index contributed by atoms with van der Waals surface area (Å²) in [7, 11) is 0. The third-order valence-corrected chi connectivity index (χ3v) is 6.77. The molecule has 2 N–H and O–H groups in total. The number of nitrogens with one attached hydrogen (secondary N) is 2. The van der Waals surface area contributed by atoms with Crippen LogP contribution in [0.3, 0.4) is 0 Å². The van der Waals surface area contributed by atoms with Crippen LogP contribution in [0.1, 0.15) is 55.4 Å². The molecule has 0 radical (unpaired) electrons. The van der Waals surface area contributed by atoms with E-state index < -0.39 is 11.6 Å². The fourth-order valence-electron chi connectivity index (χ4n) is 4.38. The molecule has 3 aliphatic rings. The molecule has 1 saturated heterocycles. The molecule has 0 saturated carbocycles. The lowest BCUT2D eigenvalue weighted by Gasteiger charge is -2.31. The SMILES string of the molecule is O=C(CN1C(=O)N[C@]2(CCCc3sccc32)C1=O)NCCC1=CCCCC1. The van der Waals surface area contributed by atoms with Crippen LogP contribution in [0.25, 0.3) is 0 Å². The minimum Gasteiger partial charge on any atom is -0.354 e. The van der Waals surface area contributed by atoms with Crippen LogP contribution in [0.2, 0.25) is 0 Å². The van der Waals surface area contributed by atoms with Gasteiger partial charge < -0.3 is 10.6 Å². The Labute approximate surface area is 163 Å². The molecule has 2 aliphatic carbocycles. The molecule has 27 heavy (non-hydrogen) atoms. The fraction of sp³-hybridized carbons (Fsp3) is 0.550. The molecule has 1 aliphatic heterocycles. The highest BCUT2D eigenvalue weighted by atomic mass is 32.1. The van der Waals surface area contributed by atoms with E-state index in [0.717, 1.165) is 47.4 Å². The second-order valence-electron chi connectivity index (χ2n) is 7.55. The van der Waals surface area contributed by atoms with Crippen molar-refractivity contribution in [3.05, 3.63) is 33.5 Å². The fourth-order valence-corrected chi connectivity index (χ4v) is 5.38. The Morgan fingerprint density at radius 1 is 1.26 bits per heavy atom. The molecule has 0 unspecified atom stereocenters. The smallest absolute Gasteiger partial charge is 0.325 e. The van der Waals surface area contributed by atoms with Crippen molar-refractivity contribution in [2.75, 3.05) is 13.1 Å². The van der Waals surface area contributed by atoms with E-state index in [9.17, 15) is 14.4 Å². The number of aryl methyl sites for hydroxylation is 1. The number of allylic oxidation sites excluding steroid dienone is 1. The Kier molecular flexibility index (Phi) is 5.04. The summed E-state index contributed by atoms with van der Waals surface area (Å²) in [6.45, 7) is 0.332. The van der Waals surface area contributed by atoms with Crippen molar-refractivity contribution in [1.29, 1.82) is 0 Å². The standard InChI is InChI=1S/C20H25N3O3S/c24-17(21-11-8-14-5-2-1-3-6-14)13-23-18(25)20(22-19(23)26)10-4-7-16-15(20)9-12-27-16/h5,9,12H,1-4,6-8,10-11,13H2,(H,21,24)(H,22,26)/t20-/m0/s1. The number of carbonyl (C=O) groups is 3. The normalized spacial score (nSPS) is 24.6. The highest BCUT2D eigenvalue weighted by molar-refractivity contribution is 7.10. The Morgan fingerprint density at radius 3 is 2.96 bits per heavy atom. The first-order valence-corrected chi connectivity index (χ1v) is 10.6. The van der Waals surface area contributed by atoms with E-state index in [4.69, 9.17) is 0 Å². The third-order valence-electron chi connectivity index (χ3n) is 5.79. The molecule has 0 aromatic carbocycles. The van der Waals surface area contributed by atoms with E-state index in [1.165, 1.54) is 18.4 Å². The third kappa shape index (κ3) is 3.40. The molecule has 4 amide bonds. The highest BCUT2D eigenvalue weighted by Gasteiger charge is 2.54. The zero-order valence-corrected chi connectivity index (χ0v) is 16.2. The second-order valence-corrected chi connectivity index (χ2v) is 8.55. The van der Waals surface area contributed by atoms with Gasteiger partial charge in [0, 0.05) is 17.0 Å². The van der Waals surface area contributed by atoms with Gasteiger partial charge in [0.15, 0.2) is 0 Å². The van der Waals surface area contributed by atoms with Crippen LogP contribution < -0.4 is 10.6 Å². The summed E-state index contributed by atoms with van der Waals surface area (Å²) in [6, 6.07) is 1.46. The number of fused-ring (bicyclic) bond motifs is 2. The summed E-state index contributed by atoms with van der Waals surface area (Å²) in [5, 5.41) is 7.70. The van der Waals surface area contributed by atoms with Crippen LogP contribution in [-0.4, -0.2) is 35.8 Å². The van der Waals surface area contributed by atoms with Gasteiger partial charge in [0.05, 0.1) is 0 Å². The molecule has 4 rings (SSSR count). The zero-order chi connectivity index (χ0) is 18.9. The van der Waals surface area contributed by atoms with E-state index in [2.05, 4.69) is 16.7 Å². The van der Waals surface area contributed by atoms with Gasteiger partial charge in [-0.1, -0.05) is 11.6 Å². The molecular formula is C20H25N3O3S. The number of nitrogens with zero attached hydrogens (tertiary/aromatic N) is 1. The quantitative estimate of drug-likeness (QED) is 0.602. The number of amides is 4. The van der Waals surface area contributed by atoms with Crippen molar-refractivity contribution in [3.8, 4) is 0 Å². The van der Waals surface area contributed by atoms with Gasteiger partial charge in [0.25, 0.3) is 5.91 Å². The lowest BCUT2D eigenvalue weighted by molar-refractivity contribution is -0.135. The number of rotatable bonds is 5. The predicted octanol–water partition coefficient (Wildman–Crippen LogP) is 2.84. The van der Waals surface area contributed by atoms with Gasteiger partial charge in [0.2, 0.25) is 5.91 Å². The average Bonchev–Trinajstić information content (AvgIpc) is 3.24. The lowest BCUT2D eigenvalue weighted by Crippen LogP contribution is -2.46. The minimum atomic E-state index is -0.974. The van der Waals surface area contributed by atoms with Crippen molar-refractivity contribution in [2.45, 2.75) is 56.9 Å². The maximum Gasteiger partial charge on any atom is 0.325 e. The summed E-state index contributed by atoms with van der Waals surface area (Å²) in [5.74, 6) is -0.578. The van der Waals surface area contributed by atoms with Gasteiger partial charge in [-0.25, -0.2) is 4.79 Å². The lowest BCUT2D eigenvalue weighted by atomic mass is 9.80. The van der Waals surface area contributed by atoms with Crippen molar-refractivity contribution in [2.24, 2.45) is 0 Å². The first-order chi connectivity index (χ1) is 13.1. The van der Waals surface area contributed by atoms with E-state index in [0.29, 0.717) is 13.0 Å². The van der Waals surface area contributed by atoms with Crippen LogP contribution >= 0.6 is 11.3 Å². The summed E-state index contributed by atoms with van der Waals surface area (Å²) in [6.07, 6.45) is 10.2. The Morgan fingerprint density at radius 2 is 2.15 bits per heavy atom. The van der Waals surface area contributed by atoms with Crippen molar-refractivity contribution in [1.82, 2.24) is 15.5 Å². The molecule has 1 fully saturated rings. The average molecular weight is 388 g/mol. The first kappa shape index (κ1) is 18.2. The second kappa shape index (κ2) is 7.46. The van der Waals surface area contributed by atoms with E-state index in [1.54, 1.807) is 11.3 Å². The first-order valence-electron chi connectivity index (χ1n) is 9.76. The maximum absolute atomic E-state index is 13.1. The summed E-state index contributed by atoms with van der Waals surface area (Å²) in [5.41, 5.74) is 1.32. The van der Waals surface area contributed by atoms with Crippen LogP contribution in [0.5, 0.6) is 0 Å². The molecule has 144 valence electrons. The molecule has 1 aromatic rings. The molecule has 2 heterocycles. The van der Waals surface area contributed by atoms with Crippen molar-refractivity contribution >= 4 is 29.2 Å². The van der Waals surface area contributed by atoms with Crippen LogP contribution in [0.4, 0.5) is 4.79 Å².